The Labute approximate surface area is 164 Å². The zero-order chi connectivity index (χ0) is 21.2. The van der Waals surface area contributed by atoms with Crippen LogP contribution >= 0.6 is 0 Å². The van der Waals surface area contributed by atoms with Crippen LogP contribution in [0.25, 0.3) is 5.57 Å². The van der Waals surface area contributed by atoms with Crippen molar-refractivity contribution in [3.8, 4) is 0 Å². The van der Waals surface area contributed by atoms with E-state index < -0.39 is 35.8 Å². The van der Waals surface area contributed by atoms with Gasteiger partial charge in [0.15, 0.2) is 0 Å². The monoisotopic (exact) mass is 402 g/mol. The summed E-state index contributed by atoms with van der Waals surface area (Å²) in [5.41, 5.74) is -2.30. The minimum atomic E-state index is -4.45. The minimum Gasteiger partial charge on any atom is -0.398 e. The number of ether oxygens (including phenoxy) is 1. The van der Waals surface area contributed by atoms with Crippen molar-refractivity contribution in [2.24, 2.45) is 0 Å². The molecular formula is C20H27BF4O3. The van der Waals surface area contributed by atoms with Crippen LogP contribution in [0.1, 0.15) is 58.6 Å². The smallest absolute Gasteiger partial charge is 0.398 e. The molecule has 0 aromatic heterocycles. The van der Waals surface area contributed by atoms with E-state index in [2.05, 4.69) is 0 Å². The summed E-state index contributed by atoms with van der Waals surface area (Å²) < 4.78 is 70.8. The van der Waals surface area contributed by atoms with Gasteiger partial charge in [-0.05, 0) is 63.8 Å². The van der Waals surface area contributed by atoms with Gasteiger partial charge in [-0.15, -0.1) is 0 Å². The molecule has 3 nitrogen and oxygen atoms in total. The zero-order valence-electron chi connectivity index (χ0n) is 17.0. The molecule has 1 aliphatic rings. The summed E-state index contributed by atoms with van der Waals surface area (Å²) in [4.78, 5) is 0. The summed E-state index contributed by atoms with van der Waals surface area (Å²) in [5, 5.41) is 0. The minimum absolute atomic E-state index is 0.196. The van der Waals surface area contributed by atoms with E-state index in [1.54, 1.807) is 0 Å². The molecule has 8 heteroatoms. The molecule has 0 saturated carbocycles. The van der Waals surface area contributed by atoms with Gasteiger partial charge in [0.2, 0.25) is 0 Å². The van der Waals surface area contributed by atoms with E-state index in [-0.39, 0.29) is 18.6 Å². The summed E-state index contributed by atoms with van der Waals surface area (Å²) >= 11 is 0. The van der Waals surface area contributed by atoms with Crippen molar-refractivity contribution >= 4 is 12.7 Å². The lowest BCUT2D eigenvalue weighted by atomic mass is 9.81. The first kappa shape index (κ1) is 22.9. The molecule has 28 heavy (non-hydrogen) atoms. The number of rotatable bonds is 7. The van der Waals surface area contributed by atoms with Gasteiger partial charge in [0.05, 0.1) is 23.4 Å². The summed E-state index contributed by atoms with van der Waals surface area (Å²) in [7, 11) is -1.21. The van der Waals surface area contributed by atoms with Crippen molar-refractivity contribution in [1.29, 1.82) is 0 Å². The summed E-state index contributed by atoms with van der Waals surface area (Å²) in [5.74, 6) is 0. The predicted molar refractivity (Wildman–Crippen MR) is 101 cm³/mol. The van der Waals surface area contributed by atoms with Crippen LogP contribution in [0.4, 0.5) is 17.6 Å². The van der Waals surface area contributed by atoms with Gasteiger partial charge in [-0.1, -0.05) is 19.1 Å². The van der Waals surface area contributed by atoms with Crippen molar-refractivity contribution in [2.75, 3.05) is 13.2 Å². The number of hydrogen-bond acceptors (Lipinski definition) is 3. The standard InChI is InChI=1S/C20H27BF4O3/c1-6-12-26-13-11-16(14-7-9-15(10-8-14)20(23,24)25)17(22)21-27-18(2,3)19(4,5)28-21/h7-10H,6,11-13H2,1-5H3. The Bertz CT molecular complexity index is 680. The maximum absolute atomic E-state index is 15.3. The van der Waals surface area contributed by atoms with Crippen LogP contribution in [0.5, 0.6) is 0 Å². The maximum Gasteiger partial charge on any atom is 0.525 e. The zero-order valence-corrected chi connectivity index (χ0v) is 17.0. The lowest BCUT2D eigenvalue weighted by molar-refractivity contribution is -0.137. The normalized spacial score (nSPS) is 19.7. The topological polar surface area (TPSA) is 27.7 Å². The van der Waals surface area contributed by atoms with Crippen LogP contribution in [-0.2, 0) is 20.2 Å². The molecule has 1 aromatic carbocycles. The molecule has 0 amide bonds. The summed E-state index contributed by atoms with van der Waals surface area (Å²) in [6.45, 7) is 9.96. The highest BCUT2D eigenvalue weighted by molar-refractivity contribution is 6.55. The van der Waals surface area contributed by atoms with Crippen LogP contribution in [-0.4, -0.2) is 31.5 Å². The van der Waals surface area contributed by atoms with Gasteiger partial charge in [0, 0.05) is 6.61 Å². The molecule has 0 unspecified atom stereocenters. The fourth-order valence-electron chi connectivity index (χ4n) is 2.77. The van der Waals surface area contributed by atoms with Gasteiger partial charge in [-0.3, -0.25) is 0 Å². The van der Waals surface area contributed by atoms with Crippen molar-refractivity contribution in [3.63, 3.8) is 0 Å². The quantitative estimate of drug-likeness (QED) is 0.326. The van der Waals surface area contributed by atoms with Gasteiger partial charge in [0.1, 0.15) is 5.73 Å². The van der Waals surface area contributed by atoms with Gasteiger partial charge in [0.25, 0.3) is 0 Å². The van der Waals surface area contributed by atoms with Gasteiger partial charge in [-0.25, -0.2) is 4.39 Å². The molecule has 0 aliphatic carbocycles. The molecule has 0 radical (unpaired) electrons. The van der Waals surface area contributed by atoms with Crippen LogP contribution < -0.4 is 0 Å². The van der Waals surface area contributed by atoms with Crippen molar-refractivity contribution in [2.45, 2.75) is 64.8 Å². The molecular weight excluding hydrogens is 375 g/mol. The van der Waals surface area contributed by atoms with Crippen LogP contribution in [0, 0.1) is 0 Å². The van der Waals surface area contributed by atoms with E-state index >= 15 is 4.39 Å². The average Bonchev–Trinajstić information content (AvgIpc) is 2.82. The van der Waals surface area contributed by atoms with Gasteiger partial charge < -0.3 is 14.0 Å². The number of benzene rings is 1. The van der Waals surface area contributed by atoms with Crippen molar-refractivity contribution < 1.29 is 31.6 Å². The number of hydrogen-bond donors (Lipinski definition) is 0. The van der Waals surface area contributed by atoms with Crippen molar-refractivity contribution in [3.05, 3.63) is 41.1 Å². The maximum atomic E-state index is 15.3. The molecule has 2 rings (SSSR count). The Balaban J connectivity index is 2.34. The van der Waals surface area contributed by atoms with Gasteiger partial charge in [-0.2, -0.15) is 13.2 Å². The molecule has 1 heterocycles. The average molecular weight is 402 g/mol. The van der Waals surface area contributed by atoms with E-state index in [0.29, 0.717) is 12.2 Å². The molecule has 1 fully saturated rings. The van der Waals surface area contributed by atoms with Crippen LogP contribution in [0.3, 0.4) is 0 Å². The molecule has 0 N–H and O–H groups in total. The fourth-order valence-corrected chi connectivity index (χ4v) is 2.77. The lowest BCUT2D eigenvalue weighted by Gasteiger charge is -2.32. The molecule has 156 valence electrons. The molecule has 1 saturated heterocycles. The van der Waals surface area contributed by atoms with Crippen molar-refractivity contribution in [1.82, 2.24) is 0 Å². The highest BCUT2D eigenvalue weighted by Gasteiger charge is 2.53. The first-order chi connectivity index (χ1) is 12.9. The summed E-state index contributed by atoms with van der Waals surface area (Å²) in [6.07, 6.45) is -3.43. The predicted octanol–water partition coefficient (Wildman–Crippen LogP) is 5.83. The molecule has 1 aromatic rings. The van der Waals surface area contributed by atoms with E-state index in [9.17, 15) is 13.2 Å². The summed E-state index contributed by atoms with van der Waals surface area (Å²) in [6, 6.07) is 4.42. The van der Waals surface area contributed by atoms with E-state index in [0.717, 1.165) is 18.6 Å². The van der Waals surface area contributed by atoms with E-state index in [1.165, 1.54) is 12.1 Å². The second-order valence-corrected chi connectivity index (χ2v) is 7.85. The first-order valence-corrected chi connectivity index (χ1v) is 9.38. The molecule has 0 bridgehead atoms. The Morgan fingerprint density at radius 2 is 1.54 bits per heavy atom. The van der Waals surface area contributed by atoms with E-state index in [1.807, 2.05) is 34.6 Å². The van der Waals surface area contributed by atoms with E-state index in [4.69, 9.17) is 14.0 Å². The third-order valence-corrected chi connectivity index (χ3v) is 5.15. The third kappa shape index (κ3) is 5.16. The number of halogens is 4. The molecule has 0 spiro atoms. The second kappa shape index (κ2) is 8.55. The Hall–Kier alpha value is -1.38. The van der Waals surface area contributed by atoms with Gasteiger partial charge >= 0.3 is 13.3 Å². The Morgan fingerprint density at radius 1 is 1.00 bits per heavy atom. The fraction of sp³-hybridized carbons (Fsp3) is 0.600. The highest BCUT2D eigenvalue weighted by atomic mass is 19.4. The first-order valence-electron chi connectivity index (χ1n) is 9.38. The van der Waals surface area contributed by atoms with Crippen LogP contribution in [0.2, 0.25) is 0 Å². The SMILES string of the molecule is CCCOCCC(=C(F)B1OC(C)(C)C(C)(C)O1)c1ccc(C(F)(F)F)cc1. The molecule has 0 atom stereocenters. The molecule has 1 aliphatic heterocycles. The Morgan fingerprint density at radius 3 is 2.00 bits per heavy atom. The Kier molecular flexibility index (Phi) is 7.00. The second-order valence-electron chi connectivity index (χ2n) is 7.85. The highest BCUT2D eigenvalue weighted by Crippen LogP contribution is 2.41. The number of alkyl halides is 3. The largest absolute Gasteiger partial charge is 0.525 e. The third-order valence-electron chi connectivity index (χ3n) is 5.15. The lowest BCUT2D eigenvalue weighted by Crippen LogP contribution is -2.41. The van der Waals surface area contributed by atoms with Crippen LogP contribution in [0.15, 0.2) is 30.0 Å².